The van der Waals surface area contributed by atoms with Crippen molar-refractivity contribution in [3.8, 4) is 5.88 Å². The molecule has 0 saturated heterocycles. The van der Waals surface area contributed by atoms with Crippen molar-refractivity contribution in [1.82, 2.24) is 15.0 Å². The molecule has 0 fully saturated rings. The molecule has 4 heteroatoms. The van der Waals surface area contributed by atoms with Crippen LogP contribution in [0.4, 0.5) is 0 Å². The van der Waals surface area contributed by atoms with Gasteiger partial charge >= 0.3 is 0 Å². The molecule has 0 aliphatic rings. The number of H-pyrrole nitrogens is 1. The molecule has 98 valence electrons. The second-order valence-corrected chi connectivity index (χ2v) is 4.65. The molecule has 4 nitrogen and oxygen atoms in total. The number of para-hydroxylation sites is 1. The number of aryl methyl sites for hydroxylation is 1. The Kier molecular flexibility index (Phi) is 3.07. The smallest absolute Gasteiger partial charge is 0.240 e. The van der Waals surface area contributed by atoms with Crippen LogP contribution in [-0.2, 0) is 6.42 Å². The zero-order chi connectivity index (χ0) is 13.2. The standard InChI is InChI=1S/C15H17N3O/c1-3-4-9-12-17-13-10-7-5-6-8-11(10)16-15(19-2)14(13)18-12/h5-8H,3-4,9H2,1-2H3,(H,17,18). The molecule has 0 spiro atoms. The Morgan fingerprint density at radius 2 is 2.05 bits per heavy atom. The van der Waals surface area contributed by atoms with Crippen molar-refractivity contribution in [2.24, 2.45) is 0 Å². The SMILES string of the molecule is CCCCc1nc2c([nH]1)c(OC)nc1ccccc12. The summed E-state index contributed by atoms with van der Waals surface area (Å²) in [7, 11) is 1.64. The third kappa shape index (κ3) is 2.03. The fraction of sp³-hybridized carbons (Fsp3) is 0.333. The van der Waals surface area contributed by atoms with Crippen LogP contribution < -0.4 is 4.74 Å². The van der Waals surface area contributed by atoms with E-state index in [9.17, 15) is 0 Å². The summed E-state index contributed by atoms with van der Waals surface area (Å²) in [5, 5.41) is 1.07. The van der Waals surface area contributed by atoms with Crippen LogP contribution in [0.15, 0.2) is 24.3 Å². The van der Waals surface area contributed by atoms with Crippen molar-refractivity contribution in [2.75, 3.05) is 7.11 Å². The van der Waals surface area contributed by atoms with E-state index in [4.69, 9.17) is 9.72 Å². The van der Waals surface area contributed by atoms with E-state index in [2.05, 4.69) is 23.0 Å². The highest BCUT2D eigenvalue weighted by atomic mass is 16.5. The summed E-state index contributed by atoms with van der Waals surface area (Å²) in [4.78, 5) is 12.6. The largest absolute Gasteiger partial charge is 0.479 e. The third-order valence-corrected chi connectivity index (χ3v) is 3.31. The monoisotopic (exact) mass is 255 g/mol. The summed E-state index contributed by atoms with van der Waals surface area (Å²) in [6, 6.07) is 8.02. The summed E-state index contributed by atoms with van der Waals surface area (Å²) >= 11 is 0. The van der Waals surface area contributed by atoms with Crippen LogP contribution in [0.2, 0.25) is 0 Å². The Morgan fingerprint density at radius 3 is 2.84 bits per heavy atom. The number of pyridine rings is 1. The maximum absolute atomic E-state index is 5.37. The number of nitrogens with zero attached hydrogens (tertiary/aromatic N) is 2. The van der Waals surface area contributed by atoms with Crippen molar-refractivity contribution in [2.45, 2.75) is 26.2 Å². The highest BCUT2D eigenvalue weighted by Gasteiger charge is 2.13. The number of ether oxygens (including phenoxy) is 1. The lowest BCUT2D eigenvalue weighted by Crippen LogP contribution is -1.90. The average molecular weight is 255 g/mol. The van der Waals surface area contributed by atoms with Crippen LogP contribution in [0.3, 0.4) is 0 Å². The van der Waals surface area contributed by atoms with E-state index in [0.29, 0.717) is 5.88 Å². The van der Waals surface area contributed by atoms with E-state index in [1.54, 1.807) is 7.11 Å². The molecule has 0 atom stereocenters. The normalized spacial score (nSPS) is 11.3. The summed E-state index contributed by atoms with van der Waals surface area (Å²) < 4.78 is 5.37. The van der Waals surface area contributed by atoms with Crippen LogP contribution in [0, 0.1) is 0 Å². The zero-order valence-electron chi connectivity index (χ0n) is 11.2. The quantitative estimate of drug-likeness (QED) is 0.776. The van der Waals surface area contributed by atoms with Gasteiger partial charge in [-0.15, -0.1) is 0 Å². The highest BCUT2D eigenvalue weighted by molar-refractivity contribution is 6.04. The lowest BCUT2D eigenvalue weighted by atomic mass is 10.2. The maximum Gasteiger partial charge on any atom is 0.240 e. The summed E-state index contributed by atoms with van der Waals surface area (Å²) in [5.74, 6) is 1.62. The first kappa shape index (κ1) is 12.0. The van der Waals surface area contributed by atoms with E-state index >= 15 is 0 Å². The van der Waals surface area contributed by atoms with Gasteiger partial charge in [-0.2, -0.15) is 0 Å². The van der Waals surface area contributed by atoms with Gasteiger partial charge in [0.2, 0.25) is 5.88 Å². The van der Waals surface area contributed by atoms with Crippen LogP contribution in [0.5, 0.6) is 5.88 Å². The molecule has 3 rings (SSSR count). The number of imidazole rings is 1. The van der Waals surface area contributed by atoms with E-state index in [-0.39, 0.29) is 0 Å². The molecule has 0 saturated carbocycles. The minimum atomic E-state index is 0.615. The average Bonchev–Trinajstić information content (AvgIpc) is 2.88. The second-order valence-electron chi connectivity index (χ2n) is 4.65. The van der Waals surface area contributed by atoms with Crippen molar-refractivity contribution in [3.63, 3.8) is 0 Å². The molecule has 0 radical (unpaired) electrons. The van der Waals surface area contributed by atoms with Crippen LogP contribution in [0.25, 0.3) is 21.9 Å². The number of aromatic nitrogens is 3. The minimum Gasteiger partial charge on any atom is -0.479 e. The van der Waals surface area contributed by atoms with E-state index in [0.717, 1.165) is 47.0 Å². The highest BCUT2D eigenvalue weighted by Crippen LogP contribution is 2.28. The van der Waals surface area contributed by atoms with Crippen LogP contribution in [0.1, 0.15) is 25.6 Å². The molecule has 1 N–H and O–H groups in total. The van der Waals surface area contributed by atoms with Crippen molar-refractivity contribution < 1.29 is 4.74 Å². The molecule has 0 amide bonds. The van der Waals surface area contributed by atoms with Gasteiger partial charge in [0, 0.05) is 11.8 Å². The van der Waals surface area contributed by atoms with Crippen LogP contribution in [-0.4, -0.2) is 22.1 Å². The fourth-order valence-corrected chi connectivity index (χ4v) is 2.32. The van der Waals surface area contributed by atoms with Crippen molar-refractivity contribution in [1.29, 1.82) is 0 Å². The first-order chi connectivity index (χ1) is 9.33. The molecule has 0 bridgehead atoms. The summed E-state index contributed by atoms with van der Waals surface area (Å²) in [6.07, 6.45) is 3.25. The molecule has 2 aromatic heterocycles. The van der Waals surface area contributed by atoms with E-state index in [1.165, 1.54) is 0 Å². The Morgan fingerprint density at radius 1 is 1.21 bits per heavy atom. The molecule has 0 aliphatic carbocycles. The molecule has 19 heavy (non-hydrogen) atoms. The van der Waals surface area contributed by atoms with Gasteiger partial charge in [-0.05, 0) is 12.5 Å². The number of rotatable bonds is 4. The first-order valence-electron chi connectivity index (χ1n) is 6.64. The minimum absolute atomic E-state index is 0.615. The van der Waals surface area contributed by atoms with Gasteiger partial charge < -0.3 is 9.72 Å². The van der Waals surface area contributed by atoms with Gasteiger partial charge in [0.25, 0.3) is 0 Å². The number of hydrogen-bond acceptors (Lipinski definition) is 3. The fourth-order valence-electron chi connectivity index (χ4n) is 2.32. The van der Waals surface area contributed by atoms with Gasteiger partial charge in [0.05, 0.1) is 12.6 Å². The number of nitrogens with one attached hydrogen (secondary N) is 1. The van der Waals surface area contributed by atoms with E-state index in [1.807, 2.05) is 18.2 Å². The lowest BCUT2D eigenvalue weighted by Gasteiger charge is -2.03. The molecule has 0 aliphatic heterocycles. The predicted octanol–water partition coefficient (Wildman–Crippen LogP) is 3.46. The molecular weight excluding hydrogens is 238 g/mol. The Bertz CT molecular complexity index is 718. The topological polar surface area (TPSA) is 50.8 Å². The van der Waals surface area contributed by atoms with Gasteiger partial charge in [-0.1, -0.05) is 31.5 Å². The summed E-state index contributed by atoms with van der Waals surface area (Å²) in [6.45, 7) is 2.18. The molecule has 0 unspecified atom stereocenters. The van der Waals surface area contributed by atoms with Gasteiger partial charge in [0.1, 0.15) is 16.9 Å². The van der Waals surface area contributed by atoms with Gasteiger partial charge in [-0.3, -0.25) is 0 Å². The number of fused-ring (bicyclic) bond motifs is 3. The maximum atomic E-state index is 5.37. The predicted molar refractivity (Wildman–Crippen MR) is 76.6 cm³/mol. The van der Waals surface area contributed by atoms with Crippen molar-refractivity contribution >= 4 is 21.9 Å². The van der Waals surface area contributed by atoms with E-state index < -0.39 is 0 Å². The van der Waals surface area contributed by atoms with Gasteiger partial charge in [0.15, 0.2) is 0 Å². The number of unbranched alkanes of at least 4 members (excludes halogenated alkanes) is 1. The number of methoxy groups -OCH3 is 1. The number of aromatic amines is 1. The molecule has 2 heterocycles. The van der Waals surface area contributed by atoms with Gasteiger partial charge in [-0.25, -0.2) is 9.97 Å². The second kappa shape index (κ2) is 4.88. The zero-order valence-corrected chi connectivity index (χ0v) is 11.2. The molecule has 1 aromatic carbocycles. The van der Waals surface area contributed by atoms with Crippen molar-refractivity contribution in [3.05, 3.63) is 30.1 Å². The Labute approximate surface area is 111 Å². The Hall–Kier alpha value is -2.10. The number of hydrogen-bond donors (Lipinski definition) is 1. The first-order valence-corrected chi connectivity index (χ1v) is 6.64. The number of benzene rings is 1. The Balaban J connectivity index is 2.25. The summed E-state index contributed by atoms with van der Waals surface area (Å²) in [5.41, 5.74) is 2.77. The third-order valence-electron chi connectivity index (χ3n) is 3.31. The lowest BCUT2D eigenvalue weighted by molar-refractivity contribution is 0.404. The molecule has 3 aromatic rings. The molecular formula is C15H17N3O. The van der Waals surface area contributed by atoms with Crippen LogP contribution >= 0.6 is 0 Å².